The summed E-state index contributed by atoms with van der Waals surface area (Å²) in [6.07, 6.45) is 3.58. The maximum Gasteiger partial charge on any atom is 0.241 e. The van der Waals surface area contributed by atoms with Crippen molar-refractivity contribution >= 4 is 29.2 Å². The lowest BCUT2D eigenvalue weighted by Crippen LogP contribution is -2.43. The number of nitrogens with zero attached hydrogens (tertiary/aromatic N) is 3. The number of piperidine rings is 1. The van der Waals surface area contributed by atoms with Crippen LogP contribution in [-0.4, -0.2) is 46.3 Å². The van der Waals surface area contributed by atoms with Crippen LogP contribution < -0.4 is 11.1 Å². The second-order valence-electron chi connectivity index (χ2n) is 6.20. The van der Waals surface area contributed by atoms with E-state index in [1.54, 1.807) is 6.92 Å². The van der Waals surface area contributed by atoms with Gasteiger partial charge in [-0.1, -0.05) is 11.6 Å². The fourth-order valence-corrected chi connectivity index (χ4v) is 3.26. The molecular weight excluding hydrogens is 330 g/mol. The monoisotopic (exact) mass is 353 g/mol. The molecule has 0 aliphatic carbocycles. The smallest absolute Gasteiger partial charge is 0.241 e. The Balaban J connectivity index is 1.79. The molecule has 1 aliphatic heterocycles. The summed E-state index contributed by atoms with van der Waals surface area (Å²) >= 11 is 6.16. The van der Waals surface area contributed by atoms with Crippen LogP contribution in [0.25, 0.3) is 0 Å². The lowest BCUT2D eigenvalue weighted by molar-refractivity contribution is -0.133. The van der Waals surface area contributed by atoms with Gasteiger partial charge in [-0.15, -0.1) is 0 Å². The molecule has 8 heteroatoms. The Kier molecular flexibility index (Phi) is 6.36. The van der Waals surface area contributed by atoms with Crippen molar-refractivity contribution in [2.24, 2.45) is 5.92 Å². The molecule has 1 aromatic heterocycles. The number of rotatable bonds is 5. The van der Waals surface area contributed by atoms with E-state index in [1.807, 2.05) is 4.90 Å². The highest BCUT2D eigenvalue weighted by Gasteiger charge is 2.23. The molecular formula is C16H24ClN5O2. The number of halogens is 1. The molecule has 24 heavy (non-hydrogen) atoms. The van der Waals surface area contributed by atoms with E-state index in [-0.39, 0.29) is 18.4 Å². The number of hydrogen-bond acceptors (Lipinski definition) is 5. The quantitative estimate of drug-likeness (QED) is 0.777. The minimum absolute atomic E-state index is 0.0251. The summed E-state index contributed by atoms with van der Waals surface area (Å²) in [5.74, 6) is 1.34. The number of aromatic nitrogens is 2. The fraction of sp³-hybridized carbons (Fsp3) is 0.625. The lowest BCUT2D eigenvalue weighted by atomic mass is 9.91. The third-order valence-corrected chi connectivity index (χ3v) is 4.67. The summed E-state index contributed by atoms with van der Waals surface area (Å²) in [4.78, 5) is 33.0. The number of carbonyl (C=O) groups is 2. The van der Waals surface area contributed by atoms with Crippen molar-refractivity contribution in [1.82, 2.24) is 20.2 Å². The van der Waals surface area contributed by atoms with E-state index in [0.29, 0.717) is 22.7 Å². The molecule has 3 N–H and O–H groups in total. The standard InChI is InChI=1S/C16H24ClN5O2/c1-10-20-15(17)13(16(18)21-10)4-3-12-5-7-22(8-6-12)14(24)9-19-11(2)23/h12H,3-9H2,1-2H3,(H,19,23)(H2,18,20,21). The first-order chi connectivity index (χ1) is 11.4. The van der Waals surface area contributed by atoms with Crippen molar-refractivity contribution < 1.29 is 9.59 Å². The zero-order valence-corrected chi connectivity index (χ0v) is 14.9. The van der Waals surface area contributed by atoms with Crippen LogP contribution in [0.4, 0.5) is 5.82 Å². The first-order valence-electron chi connectivity index (χ1n) is 8.17. The molecule has 1 fully saturated rings. The summed E-state index contributed by atoms with van der Waals surface area (Å²) in [6, 6.07) is 0. The maximum atomic E-state index is 12.0. The highest BCUT2D eigenvalue weighted by molar-refractivity contribution is 6.30. The number of nitrogens with two attached hydrogens (primary N) is 1. The Morgan fingerprint density at radius 1 is 1.33 bits per heavy atom. The van der Waals surface area contributed by atoms with Crippen molar-refractivity contribution in [3.8, 4) is 0 Å². The van der Waals surface area contributed by atoms with Gasteiger partial charge < -0.3 is 16.0 Å². The van der Waals surface area contributed by atoms with Crippen LogP contribution in [-0.2, 0) is 16.0 Å². The number of nitrogen functional groups attached to an aromatic ring is 1. The molecule has 2 amide bonds. The Morgan fingerprint density at radius 2 is 2.00 bits per heavy atom. The first kappa shape index (κ1) is 18.4. The van der Waals surface area contributed by atoms with Gasteiger partial charge in [0.1, 0.15) is 16.8 Å². The van der Waals surface area contributed by atoms with E-state index >= 15 is 0 Å². The average Bonchev–Trinajstić information content (AvgIpc) is 2.52. The zero-order valence-electron chi connectivity index (χ0n) is 14.1. The topological polar surface area (TPSA) is 101 Å². The number of nitrogens with one attached hydrogen (secondary N) is 1. The number of carbonyl (C=O) groups excluding carboxylic acids is 2. The Bertz CT molecular complexity index is 591. The number of aryl methyl sites for hydroxylation is 1. The molecule has 0 spiro atoms. The summed E-state index contributed by atoms with van der Waals surface area (Å²) < 4.78 is 0. The third-order valence-electron chi connectivity index (χ3n) is 4.36. The van der Waals surface area contributed by atoms with Crippen molar-refractivity contribution in [2.75, 3.05) is 25.4 Å². The molecule has 2 heterocycles. The number of hydrogen-bond donors (Lipinski definition) is 2. The molecule has 0 unspecified atom stereocenters. The summed E-state index contributed by atoms with van der Waals surface area (Å²) in [5.41, 5.74) is 6.75. The van der Waals surface area contributed by atoms with Crippen molar-refractivity contribution in [1.29, 1.82) is 0 Å². The predicted octanol–water partition coefficient (Wildman–Crippen LogP) is 1.33. The molecule has 0 radical (unpaired) electrons. The van der Waals surface area contributed by atoms with Crippen molar-refractivity contribution in [3.63, 3.8) is 0 Å². The van der Waals surface area contributed by atoms with Gasteiger partial charge in [0, 0.05) is 25.6 Å². The highest BCUT2D eigenvalue weighted by atomic mass is 35.5. The molecule has 0 atom stereocenters. The summed E-state index contributed by atoms with van der Waals surface area (Å²) in [6.45, 7) is 4.69. The molecule has 0 aromatic carbocycles. The Labute approximate surface area is 147 Å². The van der Waals surface area contributed by atoms with Gasteiger partial charge in [-0.3, -0.25) is 9.59 Å². The summed E-state index contributed by atoms with van der Waals surface area (Å²) in [5, 5.41) is 2.98. The molecule has 7 nitrogen and oxygen atoms in total. The number of anilines is 1. The van der Waals surface area contributed by atoms with Gasteiger partial charge in [-0.05, 0) is 38.5 Å². The van der Waals surface area contributed by atoms with Gasteiger partial charge in [-0.2, -0.15) is 0 Å². The van der Waals surface area contributed by atoms with Crippen LogP contribution >= 0.6 is 11.6 Å². The second-order valence-corrected chi connectivity index (χ2v) is 6.56. The third kappa shape index (κ3) is 5.06. The van der Waals surface area contributed by atoms with E-state index in [9.17, 15) is 9.59 Å². The zero-order chi connectivity index (χ0) is 17.7. The summed E-state index contributed by atoms with van der Waals surface area (Å²) in [7, 11) is 0. The molecule has 1 saturated heterocycles. The molecule has 0 bridgehead atoms. The van der Waals surface area contributed by atoms with Gasteiger partial charge in [0.2, 0.25) is 11.8 Å². The van der Waals surface area contributed by atoms with Crippen LogP contribution in [0.5, 0.6) is 0 Å². The van der Waals surface area contributed by atoms with Crippen LogP contribution in [0.15, 0.2) is 0 Å². The van der Waals surface area contributed by atoms with E-state index in [0.717, 1.165) is 44.3 Å². The van der Waals surface area contributed by atoms with Crippen LogP contribution in [0, 0.1) is 12.8 Å². The SMILES string of the molecule is CC(=O)NCC(=O)N1CCC(CCc2c(N)nc(C)nc2Cl)CC1. The van der Waals surface area contributed by atoms with E-state index in [1.165, 1.54) is 6.92 Å². The van der Waals surface area contributed by atoms with Crippen LogP contribution in [0.2, 0.25) is 5.15 Å². The minimum Gasteiger partial charge on any atom is -0.383 e. The Morgan fingerprint density at radius 3 is 2.58 bits per heavy atom. The maximum absolute atomic E-state index is 12.0. The largest absolute Gasteiger partial charge is 0.383 e. The van der Waals surface area contributed by atoms with Crippen LogP contribution in [0.3, 0.4) is 0 Å². The van der Waals surface area contributed by atoms with Crippen LogP contribution in [0.1, 0.15) is 37.6 Å². The molecule has 2 rings (SSSR count). The molecule has 1 aliphatic rings. The van der Waals surface area contributed by atoms with Gasteiger partial charge in [-0.25, -0.2) is 9.97 Å². The van der Waals surface area contributed by atoms with Crippen molar-refractivity contribution in [3.05, 3.63) is 16.5 Å². The van der Waals surface area contributed by atoms with E-state index in [4.69, 9.17) is 17.3 Å². The van der Waals surface area contributed by atoms with Gasteiger partial charge >= 0.3 is 0 Å². The normalized spacial score (nSPS) is 15.4. The van der Waals surface area contributed by atoms with Gasteiger partial charge in [0.15, 0.2) is 0 Å². The van der Waals surface area contributed by atoms with E-state index in [2.05, 4.69) is 15.3 Å². The molecule has 132 valence electrons. The predicted molar refractivity (Wildman–Crippen MR) is 92.5 cm³/mol. The lowest BCUT2D eigenvalue weighted by Gasteiger charge is -2.32. The number of amides is 2. The molecule has 0 saturated carbocycles. The fourth-order valence-electron chi connectivity index (χ4n) is 2.94. The highest BCUT2D eigenvalue weighted by Crippen LogP contribution is 2.26. The van der Waals surface area contributed by atoms with E-state index < -0.39 is 0 Å². The first-order valence-corrected chi connectivity index (χ1v) is 8.55. The second kappa shape index (κ2) is 8.28. The molecule has 1 aromatic rings. The minimum atomic E-state index is -0.187. The Hall–Kier alpha value is -1.89. The van der Waals surface area contributed by atoms with Crippen molar-refractivity contribution in [2.45, 2.75) is 39.5 Å². The van der Waals surface area contributed by atoms with Gasteiger partial charge in [0.25, 0.3) is 0 Å². The van der Waals surface area contributed by atoms with Gasteiger partial charge in [0.05, 0.1) is 6.54 Å². The average molecular weight is 354 g/mol. The number of likely N-dealkylation sites (tertiary alicyclic amines) is 1.